The number of carbonyl (C=O) groups is 1. The van der Waals surface area contributed by atoms with Crippen LogP contribution in [0.25, 0.3) is 22.3 Å². The first-order valence-corrected chi connectivity index (χ1v) is 10.4. The number of rotatable bonds is 9. The summed E-state index contributed by atoms with van der Waals surface area (Å²) in [5.41, 5.74) is 3.72. The van der Waals surface area contributed by atoms with Crippen molar-refractivity contribution in [3.05, 3.63) is 78.9 Å². The van der Waals surface area contributed by atoms with E-state index in [0.29, 0.717) is 12.4 Å². The minimum absolute atomic E-state index is 0.386. The van der Waals surface area contributed by atoms with E-state index in [1.54, 1.807) is 0 Å². The summed E-state index contributed by atoms with van der Waals surface area (Å²) in [4.78, 5) is 12.4. The Labute approximate surface area is 173 Å². The summed E-state index contributed by atoms with van der Waals surface area (Å²) in [5, 5.41) is 0. The van der Waals surface area contributed by atoms with Gasteiger partial charge in [0.25, 0.3) is 0 Å². The van der Waals surface area contributed by atoms with E-state index in [1.165, 1.54) is 19.3 Å². The molecule has 0 amide bonds. The fourth-order valence-electron chi connectivity index (χ4n) is 3.31. The van der Waals surface area contributed by atoms with Crippen molar-refractivity contribution in [3.8, 4) is 28.0 Å². The Hall–Kier alpha value is -3.07. The SMILES string of the molecule is CCCCCCCOC(=O)Oc1c(-c2ccccc2)cccc1-c1ccccc1. The van der Waals surface area contributed by atoms with Gasteiger partial charge in [0.2, 0.25) is 0 Å². The molecule has 0 aliphatic heterocycles. The Morgan fingerprint density at radius 1 is 0.690 bits per heavy atom. The Balaban J connectivity index is 1.80. The average molecular weight is 389 g/mol. The molecule has 3 heteroatoms. The zero-order valence-corrected chi connectivity index (χ0v) is 17.0. The summed E-state index contributed by atoms with van der Waals surface area (Å²) in [6, 6.07) is 25.8. The van der Waals surface area contributed by atoms with Crippen molar-refractivity contribution in [1.29, 1.82) is 0 Å². The van der Waals surface area contributed by atoms with Gasteiger partial charge in [0.05, 0.1) is 6.61 Å². The van der Waals surface area contributed by atoms with Crippen LogP contribution in [0.4, 0.5) is 4.79 Å². The van der Waals surface area contributed by atoms with Gasteiger partial charge in [0.15, 0.2) is 0 Å². The summed E-state index contributed by atoms with van der Waals surface area (Å²) in [6.07, 6.45) is 4.86. The molecule has 0 saturated carbocycles. The van der Waals surface area contributed by atoms with Gasteiger partial charge in [0, 0.05) is 11.1 Å². The first-order chi connectivity index (χ1) is 14.3. The molecule has 0 saturated heterocycles. The third-order valence-corrected chi connectivity index (χ3v) is 4.84. The van der Waals surface area contributed by atoms with Gasteiger partial charge < -0.3 is 9.47 Å². The number of benzene rings is 3. The van der Waals surface area contributed by atoms with Crippen LogP contribution in [0.15, 0.2) is 78.9 Å². The van der Waals surface area contributed by atoms with Crippen LogP contribution in [0.2, 0.25) is 0 Å². The quantitative estimate of drug-likeness (QED) is 0.216. The zero-order chi connectivity index (χ0) is 20.3. The second-order valence-corrected chi connectivity index (χ2v) is 7.03. The lowest BCUT2D eigenvalue weighted by Crippen LogP contribution is -2.12. The van der Waals surface area contributed by atoms with Crippen LogP contribution in [0.5, 0.6) is 5.75 Å². The van der Waals surface area contributed by atoms with E-state index in [2.05, 4.69) is 6.92 Å². The molecule has 0 fully saturated rings. The van der Waals surface area contributed by atoms with Gasteiger partial charge in [-0.25, -0.2) is 4.79 Å². The van der Waals surface area contributed by atoms with Gasteiger partial charge in [-0.15, -0.1) is 0 Å². The number of hydrogen-bond donors (Lipinski definition) is 0. The van der Waals surface area contributed by atoms with Crippen molar-refractivity contribution in [2.24, 2.45) is 0 Å². The lowest BCUT2D eigenvalue weighted by Gasteiger charge is -2.15. The van der Waals surface area contributed by atoms with Crippen molar-refractivity contribution in [3.63, 3.8) is 0 Å². The van der Waals surface area contributed by atoms with Crippen LogP contribution in [-0.2, 0) is 4.74 Å². The second-order valence-electron chi connectivity index (χ2n) is 7.03. The summed E-state index contributed by atoms with van der Waals surface area (Å²) in [5.74, 6) is 0.529. The average Bonchev–Trinajstić information content (AvgIpc) is 2.77. The van der Waals surface area contributed by atoms with Gasteiger partial charge >= 0.3 is 6.16 Å². The van der Waals surface area contributed by atoms with Crippen LogP contribution in [-0.4, -0.2) is 12.8 Å². The van der Waals surface area contributed by atoms with Crippen LogP contribution >= 0.6 is 0 Å². The van der Waals surface area contributed by atoms with Crippen molar-refractivity contribution in [2.45, 2.75) is 39.0 Å². The Bertz CT molecular complexity index is 831. The van der Waals surface area contributed by atoms with E-state index in [1.807, 2.05) is 78.9 Å². The molecule has 0 N–H and O–H groups in total. The molecule has 0 atom stereocenters. The maximum atomic E-state index is 12.4. The molecule has 3 aromatic rings. The van der Waals surface area contributed by atoms with Crippen LogP contribution in [0.3, 0.4) is 0 Å². The number of ether oxygens (including phenoxy) is 2. The molecule has 0 aliphatic carbocycles. The van der Waals surface area contributed by atoms with Gasteiger partial charge in [-0.2, -0.15) is 0 Å². The lowest BCUT2D eigenvalue weighted by molar-refractivity contribution is 0.0976. The maximum Gasteiger partial charge on any atom is 0.513 e. The topological polar surface area (TPSA) is 35.5 Å². The highest BCUT2D eigenvalue weighted by molar-refractivity contribution is 5.85. The maximum absolute atomic E-state index is 12.4. The molecule has 0 heterocycles. The number of carbonyl (C=O) groups excluding carboxylic acids is 1. The monoisotopic (exact) mass is 388 g/mol. The first-order valence-electron chi connectivity index (χ1n) is 10.4. The molecule has 150 valence electrons. The Kier molecular flexibility index (Phi) is 7.88. The lowest BCUT2D eigenvalue weighted by atomic mass is 9.97. The predicted octanol–water partition coefficient (Wildman–Crippen LogP) is 7.51. The van der Waals surface area contributed by atoms with Crippen molar-refractivity contribution < 1.29 is 14.3 Å². The van der Waals surface area contributed by atoms with Gasteiger partial charge in [-0.05, 0) is 17.5 Å². The van der Waals surface area contributed by atoms with Crippen molar-refractivity contribution >= 4 is 6.16 Å². The standard InChI is InChI=1S/C26H28O3/c1-2-3-4-5-12-20-28-26(27)29-25-23(21-14-8-6-9-15-21)18-13-19-24(25)22-16-10-7-11-17-22/h6-11,13-19H,2-5,12,20H2,1H3. The number of unbranched alkanes of at least 4 members (excludes halogenated alkanes) is 4. The molecule has 0 spiro atoms. The predicted molar refractivity (Wildman–Crippen MR) is 118 cm³/mol. The van der Waals surface area contributed by atoms with Gasteiger partial charge in [-0.3, -0.25) is 0 Å². The number of para-hydroxylation sites is 1. The van der Waals surface area contributed by atoms with E-state index >= 15 is 0 Å². The normalized spacial score (nSPS) is 10.5. The highest BCUT2D eigenvalue weighted by atomic mass is 16.7. The molecule has 0 radical (unpaired) electrons. The summed E-state index contributed by atoms with van der Waals surface area (Å²) < 4.78 is 11.1. The fourth-order valence-corrected chi connectivity index (χ4v) is 3.31. The third-order valence-electron chi connectivity index (χ3n) is 4.84. The van der Waals surface area contributed by atoms with Crippen LogP contribution < -0.4 is 4.74 Å². The summed E-state index contributed by atoms with van der Waals surface area (Å²) in [6.45, 7) is 2.57. The van der Waals surface area contributed by atoms with E-state index in [9.17, 15) is 4.79 Å². The van der Waals surface area contributed by atoms with E-state index < -0.39 is 6.16 Å². The zero-order valence-electron chi connectivity index (χ0n) is 17.0. The largest absolute Gasteiger partial charge is 0.513 e. The molecular formula is C26H28O3. The highest BCUT2D eigenvalue weighted by Crippen LogP contribution is 2.39. The molecule has 0 bridgehead atoms. The molecule has 0 aromatic heterocycles. The van der Waals surface area contributed by atoms with Crippen molar-refractivity contribution in [2.75, 3.05) is 6.61 Å². The molecule has 3 rings (SSSR count). The van der Waals surface area contributed by atoms with E-state index in [0.717, 1.165) is 35.1 Å². The van der Waals surface area contributed by atoms with E-state index in [4.69, 9.17) is 9.47 Å². The first kappa shape index (κ1) is 20.7. The smallest absolute Gasteiger partial charge is 0.434 e. The Morgan fingerprint density at radius 2 is 1.24 bits per heavy atom. The van der Waals surface area contributed by atoms with E-state index in [-0.39, 0.29) is 0 Å². The molecule has 0 unspecified atom stereocenters. The fraction of sp³-hybridized carbons (Fsp3) is 0.269. The summed E-state index contributed by atoms with van der Waals surface area (Å²) in [7, 11) is 0. The molecule has 3 aromatic carbocycles. The van der Waals surface area contributed by atoms with Gasteiger partial charge in [0.1, 0.15) is 5.75 Å². The van der Waals surface area contributed by atoms with Crippen LogP contribution in [0.1, 0.15) is 39.0 Å². The minimum atomic E-state index is -0.652. The van der Waals surface area contributed by atoms with Gasteiger partial charge in [-0.1, -0.05) is 111 Å². The molecule has 0 aliphatic rings. The molecule has 3 nitrogen and oxygen atoms in total. The molecular weight excluding hydrogens is 360 g/mol. The van der Waals surface area contributed by atoms with Crippen molar-refractivity contribution in [1.82, 2.24) is 0 Å². The minimum Gasteiger partial charge on any atom is -0.434 e. The Morgan fingerprint density at radius 3 is 1.79 bits per heavy atom. The highest BCUT2D eigenvalue weighted by Gasteiger charge is 2.17. The van der Waals surface area contributed by atoms with Crippen LogP contribution in [0, 0.1) is 0 Å². The second kappa shape index (κ2) is 11.1. The molecule has 29 heavy (non-hydrogen) atoms. The third kappa shape index (κ3) is 5.95. The number of hydrogen-bond acceptors (Lipinski definition) is 3. The summed E-state index contributed by atoms with van der Waals surface area (Å²) >= 11 is 0.